The lowest BCUT2D eigenvalue weighted by molar-refractivity contribution is -0.275. The van der Waals surface area contributed by atoms with Gasteiger partial charge in [-0.2, -0.15) is 0 Å². The second-order valence-corrected chi connectivity index (χ2v) is 5.32. The van der Waals surface area contributed by atoms with Crippen LogP contribution in [0.1, 0.15) is 54.4 Å². The van der Waals surface area contributed by atoms with E-state index in [1.165, 1.54) is 0 Å². The monoisotopic (exact) mass is 286 g/mol. The first-order valence-electron chi connectivity index (χ1n) is 6.73. The van der Waals surface area contributed by atoms with Gasteiger partial charge in [0.25, 0.3) is 11.6 Å². The van der Waals surface area contributed by atoms with Gasteiger partial charge in [-0.05, 0) is 12.8 Å². The summed E-state index contributed by atoms with van der Waals surface area (Å²) in [4.78, 5) is 9.98. The highest BCUT2D eigenvalue weighted by Crippen LogP contribution is 2.25. The third-order valence-corrected chi connectivity index (χ3v) is 2.63. The highest BCUT2D eigenvalue weighted by atomic mass is 16.8. The van der Waals surface area contributed by atoms with Gasteiger partial charge < -0.3 is 9.47 Å². The molecule has 0 saturated carbocycles. The maximum absolute atomic E-state index is 5.87. The summed E-state index contributed by atoms with van der Waals surface area (Å²) in [6, 6.07) is 0. The van der Waals surface area contributed by atoms with Crippen molar-refractivity contribution in [3.8, 4) is 13.1 Å². The zero-order valence-electron chi connectivity index (χ0n) is 13.3. The Bertz CT molecular complexity index is 332. The van der Waals surface area contributed by atoms with Crippen LogP contribution < -0.4 is 0 Å². The molecule has 0 heterocycles. The number of rotatable bonds is 9. The summed E-state index contributed by atoms with van der Waals surface area (Å²) in [6.07, 6.45) is 1.03. The van der Waals surface area contributed by atoms with Crippen molar-refractivity contribution in [3.05, 3.63) is 10.0 Å². The summed E-state index contributed by atoms with van der Waals surface area (Å²) in [6.45, 7) is 21.0. The van der Waals surface area contributed by atoms with Crippen molar-refractivity contribution in [3.63, 3.8) is 0 Å². The third kappa shape index (κ3) is 6.60. The van der Waals surface area contributed by atoms with Crippen LogP contribution in [0.15, 0.2) is 0 Å². The molecular formula is C14H26N2O4+2. The van der Waals surface area contributed by atoms with Crippen LogP contribution in [-0.2, 0) is 19.1 Å². The molecule has 0 radical (unpaired) electrons. The minimum atomic E-state index is -0.935. The predicted octanol–water partition coefficient (Wildman–Crippen LogP) is 3.84. The minimum absolute atomic E-state index is 0.211. The fraction of sp³-hybridized carbons (Fsp3) is 0.857. The molecule has 0 spiro atoms. The average Bonchev–Trinajstić information content (AvgIpc) is 2.33. The van der Waals surface area contributed by atoms with E-state index in [0.29, 0.717) is 0 Å². The van der Waals surface area contributed by atoms with Gasteiger partial charge in [-0.3, -0.25) is 0 Å². The molecule has 0 N–H and O–H groups in total. The largest absolute Gasteiger partial charge is 0.335 e. The molecule has 0 saturated heterocycles. The molecule has 2 unspecified atom stereocenters. The van der Waals surface area contributed by atoms with Gasteiger partial charge in [-0.1, -0.05) is 13.8 Å². The van der Waals surface area contributed by atoms with Crippen molar-refractivity contribution in [1.82, 2.24) is 0 Å². The van der Waals surface area contributed by atoms with Gasteiger partial charge in [0.15, 0.2) is 0 Å². The average molecular weight is 286 g/mol. The molecule has 0 aliphatic rings. The van der Waals surface area contributed by atoms with Crippen molar-refractivity contribution >= 4 is 0 Å². The van der Waals surface area contributed by atoms with E-state index in [2.05, 4.69) is 10.0 Å². The maximum atomic E-state index is 5.87. The standard InChI is InChI=1S/C14H26N2O4/c1-9-11(17-13(3,4)19-15-7)12(10-2)18-14(5,6)20-16-8/h7-8,11-12H,9-10H2,1-6H3/q+2. The lowest BCUT2D eigenvalue weighted by Gasteiger charge is -2.32. The Morgan fingerprint density at radius 1 is 0.800 bits per heavy atom. The van der Waals surface area contributed by atoms with Crippen molar-refractivity contribution in [2.75, 3.05) is 0 Å². The van der Waals surface area contributed by atoms with E-state index in [9.17, 15) is 0 Å². The molecule has 0 aromatic rings. The molecule has 20 heavy (non-hydrogen) atoms. The molecule has 6 nitrogen and oxygen atoms in total. The van der Waals surface area contributed by atoms with Crippen molar-refractivity contribution in [2.45, 2.75) is 78.2 Å². The zero-order valence-corrected chi connectivity index (χ0v) is 13.3. The van der Waals surface area contributed by atoms with E-state index in [1.54, 1.807) is 27.7 Å². The van der Waals surface area contributed by atoms with Gasteiger partial charge in [0.2, 0.25) is 10.0 Å². The van der Waals surface area contributed by atoms with Crippen LogP contribution in [-0.4, -0.2) is 23.8 Å². The molecule has 0 amide bonds. The second-order valence-electron chi connectivity index (χ2n) is 5.32. The van der Waals surface area contributed by atoms with Crippen LogP contribution in [0.5, 0.6) is 0 Å². The molecule has 0 aromatic heterocycles. The summed E-state index contributed by atoms with van der Waals surface area (Å²) in [5.41, 5.74) is 0. The minimum Gasteiger partial charge on any atom is -0.329 e. The van der Waals surface area contributed by atoms with Gasteiger partial charge in [0, 0.05) is 27.7 Å². The van der Waals surface area contributed by atoms with E-state index < -0.39 is 11.6 Å². The molecule has 0 rings (SSSR count). The fourth-order valence-corrected chi connectivity index (χ4v) is 1.87. The number of hydrogen-bond donors (Lipinski definition) is 0. The predicted molar refractivity (Wildman–Crippen MR) is 77.3 cm³/mol. The van der Waals surface area contributed by atoms with Crippen LogP contribution in [0.2, 0.25) is 0 Å². The zero-order chi connectivity index (χ0) is 15.8. The van der Waals surface area contributed by atoms with E-state index in [-0.39, 0.29) is 12.2 Å². The molecular weight excluding hydrogens is 260 g/mol. The summed E-state index contributed by atoms with van der Waals surface area (Å²) in [5.74, 6) is -1.87. The van der Waals surface area contributed by atoms with Crippen LogP contribution in [0.3, 0.4) is 0 Å². The van der Waals surface area contributed by atoms with Gasteiger partial charge in [-0.25, -0.2) is 0 Å². The van der Waals surface area contributed by atoms with E-state index in [1.807, 2.05) is 13.8 Å². The van der Waals surface area contributed by atoms with Crippen molar-refractivity contribution in [2.24, 2.45) is 0 Å². The fourth-order valence-electron chi connectivity index (χ4n) is 1.87. The maximum Gasteiger partial charge on any atom is 0.335 e. The first-order valence-corrected chi connectivity index (χ1v) is 6.73. The smallest absolute Gasteiger partial charge is 0.329 e. The Kier molecular flexibility index (Phi) is 7.34. The van der Waals surface area contributed by atoms with Gasteiger partial charge >= 0.3 is 13.1 Å². The van der Waals surface area contributed by atoms with Gasteiger partial charge in [0.1, 0.15) is 0 Å². The van der Waals surface area contributed by atoms with Crippen molar-refractivity contribution in [1.29, 1.82) is 0 Å². The Morgan fingerprint density at radius 3 is 1.30 bits per heavy atom. The van der Waals surface area contributed by atoms with Crippen LogP contribution in [0.25, 0.3) is 10.0 Å². The van der Waals surface area contributed by atoms with Crippen molar-refractivity contribution < 1.29 is 19.1 Å². The molecule has 0 aromatic carbocycles. The Morgan fingerprint density at radius 2 is 1.10 bits per heavy atom. The Balaban J connectivity index is 4.83. The quantitative estimate of drug-likeness (QED) is 0.477. The molecule has 0 fully saturated rings. The lowest BCUT2D eigenvalue weighted by atomic mass is 10.1. The summed E-state index contributed by atoms with van der Waals surface area (Å²) in [7, 11) is 0. The topological polar surface area (TPSA) is 45.6 Å². The Hall–Kier alpha value is -1.50. The summed E-state index contributed by atoms with van der Waals surface area (Å²) >= 11 is 0. The van der Waals surface area contributed by atoms with E-state index in [4.69, 9.17) is 32.3 Å². The molecule has 114 valence electrons. The first kappa shape index (κ1) is 18.5. The van der Waals surface area contributed by atoms with E-state index in [0.717, 1.165) is 12.8 Å². The molecule has 0 aliphatic heterocycles. The van der Waals surface area contributed by atoms with Gasteiger partial charge in [0.05, 0.1) is 12.2 Å². The Labute approximate surface area is 121 Å². The second kappa shape index (κ2) is 7.94. The molecule has 6 heteroatoms. The van der Waals surface area contributed by atoms with Crippen LogP contribution >= 0.6 is 0 Å². The van der Waals surface area contributed by atoms with Crippen LogP contribution in [0.4, 0.5) is 0 Å². The highest BCUT2D eigenvalue weighted by Gasteiger charge is 2.38. The number of nitrogens with zero attached hydrogens (tertiary/aromatic N) is 2. The van der Waals surface area contributed by atoms with Crippen LogP contribution in [0, 0.1) is 13.1 Å². The molecule has 2 atom stereocenters. The lowest BCUT2D eigenvalue weighted by Crippen LogP contribution is -2.43. The molecule has 0 bridgehead atoms. The first-order chi connectivity index (χ1) is 9.21. The number of ether oxygens (including phenoxy) is 2. The highest BCUT2D eigenvalue weighted by molar-refractivity contribution is 4.74. The summed E-state index contributed by atoms with van der Waals surface area (Å²) < 4.78 is 11.7. The van der Waals surface area contributed by atoms with E-state index >= 15 is 0 Å². The number of hydrogen-bond acceptors (Lipinski definition) is 4. The normalized spacial score (nSPS) is 14.8. The van der Waals surface area contributed by atoms with Gasteiger partial charge in [-0.15, -0.1) is 9.68 Å². The molecule has 0 aliphatic carbocycles. The third-order valence-electron chi connectivity index (χ3n) is 2.63. The SMILES string of the molecule is C#[N+]OC(C)(C)OC(CC)C(CC)OC(C)(C)O[N+]#C. The summed E-state index contributed by atoms with van der Waals surface area (Å²) in [5, 5.41) is 6.32.